The van der Waals surface area contributed by atoms with Gasteiger partial charge in [0.2, 0.25) is 0 Å². The van der Waals surface area contributed by atoms with Crippen LogP contribution in [0.1, 0.15) is 16.9 Å². The van der Waals surface area contributed by atoms with Crippen LogP contribution >= 0.6 is 23.6 Å². The summed E-state index contributed by atoms with van der Waals surface area (Å²) in [5.74, 6) is -0.0627. The average molecular weight is 457 g/mol. The molecule has 2 aromatic heterocycles. The molecule has 0 spiro atoms. The third-order valence-corrected chi connectivity index (χ3v) is 7.20. The van der Waals surface area contributed by atoms with Gasteiger partial charge >= 0.3 is 0 Å². The molecule has 0 aliphatic carbocycles. The SMILES string of the molecule is O=C1c2cc3sc(-c4cccc([N+](=O)[O-])c4)cc3n2C(=S)N1CCCN1CCOCC1. The van der Waals surface area contributed by atoms with Crippen LogP contribution in [-0.2, 0) is 4.74 Å². The van der Waals surface area contributed by atoms with Gasteiger partial charge in [-0.2, -0.15) is 0 Å². The van der Waals surface area contributed by atoms with Crippen LogP contribution in [-0.4, -0.2) is 69.7 Å². The van der Waals surface area contributed by atoms with Crippen LogP contribution in [0.5, 0.6) is 0 Å². The molecule has 0 unspecified atom stereocenters. The molecule has 31 heavy (non-hydrogen) atoms. The molecule has 160 valence electrons. The van der Waals surface area contributed by atoms with E-state index in [2.05, 4.69) is 4.90 Å². The van der Waals surface area contributed by atoms with Crippen molar-refractivity contribution in [3.63, 3.8) is 0 Å². The number of rotatable bonds is 6. The molecule has 1 aromatic carbocycles. The van der Waals surface area contributed by atoms with Gasteiger partial charge in [-0.25, -0.2) is 0 Å². The summed E-state index contributed by atoms with van der Waals surface area (Å²) in [5.41, 5.74) is 2.29. The van der Waals surface area contributed by atoms with Gasteiger partial charge in [0.1, 0.15) is 5.69 Å². The Morgan fingerprint density at radius 1 is 1.16 bits per heavy atom. The van der Waals surface area contributed by atoms with Gasteiger partial charge < -0.3 is 4.74 Å². The number of carbonyl (C=O) groups is 1. The third-order valence-electron chi connectivity index (χ3n) is 5.68. The minimum absolute atomic E-state index is 0.0561. The molecule has 5 rings (SSSR count). The van der Waals surface area contributed by atoms with Crippen molar-refractivity contribution in [1.82, 2.24) is 14.4 Å². The van der Waals surface area contributed by atoms with E-state index in [9.17, 15) is 14.9 Å². The van der Waals surface area contributed by atoms with Crippen molar-refractivity contribution in [2.24, 2.45) is 0 Å². The fourth-order valence-corrected chi connectivity index (χ4v) is 5.54. The maximum absolute atomic E-state index is 12.9. The quantitative estimate of drug-likeness (QED) is 0.320. The summed E-state index contributed by atoms with van der Waals surface area (Å²) in [5, 5.41) is 11.6. The Bertz CT molecular complexity index is 1200. The molecule has 0 bridgehead atoms. The molecule has 10 heteroatoms. The number of hydrogen-bond donors (Lipinski definition) is 0. The van der Waals surface area contributed by atoms with Gasteiger partial charge in [-0.05, 0) is 36.3 Å². The van der Waals surface area contributed by atoms with Crippen molar-refractivity contribution in [1.29, 1.82) is 0 Å². The van der Waals surface area contributed by atoms with Crippen molar-refractivity contribution in [3.8, 4) is 10.4 Å². The molecule has 0 atom stereocenters. The van der Waals surface area contributed by atoms with Crippen molar-refractivity contribution in [2.75, 3.05) is 39.4 Å². The van der Waals surface area contributed by atoms with E-state index < -0.39 is 4.92 Å². The lowest BCUT2D eigenvalue weighted by atomic mass is 10.1. The maximum atomic E-state index is 12.9. The number of amides is 1. The summed E-state index contributed by atoms with van der Waals surface area (Å²) in [6.07, 6.45) is 0.850. The van der Waals surface area contributed by atoms with E-state index in [4.69, 9.17) is 17.0 Å². The molecular weight excluding hydrogens is 436 g/mol. The van der Waals surface area contributed by atoms with Crippen LogP contribution in [0, 0.1) is 10.1 Å². The summed E-state index contributed by atoms with van der Waals surface area (Å²) in [7, 11) is 0. The Labute approximate surface area is 187 Å². The number of nitro benzene ring substituents is 1. The van der Waals surface area contributed by atoms with E-state index in [0.29, 0.717) is 17.4 Å². The van der Waals surface area contributed by atoms with Gasteiger partial charge in [0.05, 0.1) is 28.4 Å². The highest BCUT2D eigenvalue weighted by Crippen LogP contribution is 2.38. The second kappa shape index (κ2) is 8.12. The first kappa shape index (κ1) is 20.3. The zero-order valence-electron chi connectivity index (χ0n) is 16.7. The fourth-order valence-electron chi connectivity index (χ4n) is 4.09. The molecule has 0 radical (unpaired) electrons. The highest BCUT2D eigenvalue weighted by atomic mass is 32.1. The molecule has 1 fully saturated rings. The number of nitro groups is 1. The minimum Gasteiger partial charge on any atom is -0.379 e. The molecule has 1 saturated heterocycles. The van der Waals surface area contributed by atoms with E-state index in [1.807, 2.05) is 22.8 Å². The van der Waals surface area contributed by atoms with Crippen molar-refractivity contribution >= 4 is 50.5 Å². The number of ether oxygens (including phenoxy) is 1. The molecule has 1 amide bonds. The number of morpholine rings is 1. The number of thiocarbonyl (C=S) groups is 1. The summed E-state index contributed by atoms with van der Waals surface area (Å²) in [6, 6.07) is 10.4. The topological polar surface area (TPSA) is 80.8 Å². The lowest BCUT2D eigenvalue weighted by molar-refractivity contribution is -0.384. The van der Waals surface area contributed by atoms with Crippen molar-refractivity contribution in [3.05, 3.63) is 52.2 Å². The molecule has 4 heterocycles. The van der Waals surface area contributed by atoms with Gasteiger partial charge in [-0.1, -0.05) is 12.1 Å². The van der Waals surface area contributed by atoms with E-state index in [-0.39, 0.29) is 11.6 Å². The predicted molar refractivity (Wildman–Crippen MR) is 123 cm³/mol. The fraction of sp³-hybridized carbons (Fsp3) is 0.333. The molecule has 2 aliphatic rings. The van der Waals surface area contributed by atoms with Crippen LogP contribution < -0.4 is 0 Å². The zero-order valence-corrected chi connectivity index (χ0v) is 18.3. The second-order valence-corrected chi connectivity index (χ2v) is 9.03. The summed E-state index contributed by atoms with van der Waals surface area (Å²) in [6.45, 7) is 4.86. The highest BCUT2D eigenvalue weighted by Gasteiger charge is 2.34. The van der Waals surface area contributed by atoms with Crippen LogP contribution in [0.4, 0.5) is 5.69 Å². The normalized spacial score (nSPS) is 17.0. The number of benzene rings is 1. The van der Waals surface area contributed by atoms with Crippen LogP contribution in [0.15, 0.2) is 36.4 Å². The standard InChI is InChI=1S/C21H20N4O4S2/c26-20-17-13-19-16(12-18(31-19)14-3-1-4-15(11-14)25(27)28)24(17)21(30)23(20)6-2-5-22-7-9-29-10-8-22/h1,3-4,11-13H,2,5-10H2. The van der Waals surface area contributed by atoms with Gasteiger partial charge in [0.15, 0.2) is 5.11 Å². The minimum atomic E-state index is -0.397. The van der Waals surface area contributed by atoms with E-state index >= 15 is 0 Å². The first-order valence-corrected chi connectivity index (χ1v) is 11.3. The maximum Gasteiger partial charge on any atom is 0.277 e. The Hall–Kier alpha value is -2.66. The van der Waals surface area contributed by atoms with E-state index in [1.54, 1.807) is 17.0 Å². The van der Waals surface area contributed by atoms with Crippen LogP contribution in [0.3, 0.4) is 0 Å². The Morgan fingerprint density at radius 3 is 2.74 bits per heavy atom. The largest absolute Gasteiger partial charge is 0.379 e. The number of hydrogen-bond acceptors (Lipinski definition) is 7. The number of non-ortho nitro benzene ring substituents is 1. The molecule has 0 saturated carbocycles. The lowest BCUT2D eigenvalue weighted by Crippen LogP contribution is -2.39. The number of fused-ring (bicyclic) bond motifs is 3. The first-order chi connectivity index (χ1) is 15.0. The van der Waals surface area contributed by atoms with Gasteiger partial charge in [-0.15, -0.1) is 11.3 Å². The second-order valence-electron chi connectivity index (χ2n) is 7.58. The molecular formula is C21H20N4O4S2. The van der Waals surface area contributed by atoms with Crippen molar-refractivity contribution in [2.45, 2.75) is 6.42 Å². The average Bonchev–Trinajstić information content (AvgIpc) is 3.40. The van der Waals surface area contributed by atoms with Crippen molar-refractivity contribution < 1.29 is 14.5 Å². The third kappa shape index (κ3) is 3.65. The first-order valence-electron chi connectivity index (χ1n) is 10.1. The van der Waals surface area contributed by atoms with E-state index in [1.165, 1.54) is 17.4 Å². The summed E-state index contributed by atoms with van der Waals surface area (Å²) < 4.78 is 8.15. The van der Waals surface area contributed by atoms with Gasteiger partial charge in [0, 0.05) is 43.2 Å². The number of carbonyl (C=O) groups excluding carboxylic acids is 1. The highest BCUT2D eigenvalue weighted by molar-refractivity contribution is 7.80. The molecule has 3 aromatic rings. The van der Waals surface area contributed by atoms with Crippen LogP contribution in [0.25, 0.3) is 20.7 Å². The van der Waals surface area contributed by atoms with Gasteiger partial charge in [0.25, 0.3) is 11.6 Å². The number of aromatic nitrogens is 1. The molecule has 0 N–H and O–H groups in total. The Kier molecular flexibility index (Phi) is 5.30. The summed E-state index contributed by atoms with van der Waals surface area (Å²) >= 11 is 7.16. The Morgan fingerprint density at radius 2 is 1.97 bits per heavy atom. The summed E-state index contributed by atoms with van der Waals surface area (Å²) in [4.78, 5) is 28.6. The van der Waals surface area contributed by atoms with Crippen LogP contribution in [0.2, 0.25) is 0 Å². The Balaban J connectivity index is 1.36. The smallest absolute Gasteiger partial charge is 0.277 e. The lowest BCUT2D eigenvalue weighted by Gasteiger charge is -2.27. The van der Waals surface area contributed by atoms with Gasteiger partial charge in [-0.3, -0.25) is 29.3 Å². The molecule has 2 aliphatic heterocycles. The monoisotopic (exact) mass is 456 g/mol. The predicted octanol–water partition coefficient (Wildman–Crippen LogP) is 3.59. The zero-order chi connectivity index (χ0) is 21.5. The number of thiophene rings is 1. The molecule has 8 nitrogen and oxygen atoms in total. The number of nitrogens with zero attached hydrogens (tertiary/aromatic N) is 4. The van der Waals surface area contributed by atoms with E-state index in [0.717, 1.165) is 59.9 Å².